The average Bonchev–Trinajstić information content (AvgIpc) is 3.02. The van der Waals surface area contributed by atoms with E-state index < -0.39 is 0 Å². The van der Waals surface area contributed by atoms with Crippen molar-refractivity contribution in [3.8, 4) is 0 Å². The molecule has 0 saturated heterocycles. The molecule has 6 rings (SSSR count). The zero-order valence-corrected chi connectivity index (χ0v) is 20.3. The molecule has 0 radical (unpaired) electrons. The maximum Gasteiger partial charge on any atom is 0.132 e. The molecule has 0 aliphatic heterocycles. The van der Waals surface area contributed by atoms with E-state index in [9.17, 15) is 0 Å². The molecule has 5 nitrogen and oxygen atoms in total. The van der Waals surface area contributed by atoms with Crippen molar-refractivity contribution in [3.05, 3.63) is 88.4 Å². The van der Waals surface area contributed by atoms with Crippen LogP contribution in [0.4, 0.5) is 5.82 Å². The van der Waals surface area contributed by atoms with Gasteiger partial charge in [-0.15, -0.1) is 0 Å². The van der Waals surface area contributed by atoms with Crippen LogP contribution in [0.25, 0.3) is 0 Å². The molecule has 5 heteroatoms. The minimum atomic E-state index is 0.0381. The number of pyridine rings is 2. The Morgan fingerprint density at radius 3 is 2.54 bits per heavy atom. The molecular formula is C30H35N5. The molecule has 2 heterocycles. The van der Waals surface area contributed by atoms with E-state index in [-0.39, 0.29) is 17.4 Å². The van der Waals surface area contributed by atoms with Gasteiger partial charge in [-0.2, -0.15) is 0 Å². The van der Waals surface area contributed by atoms with E-state index in [4.69, 9.17) is 21.9 Å². The van der Waals surface area contributed by atoms with Gasteiger partial charge < -0.3 is 16.9 Å². The van der Waals surface area contributed by atoms with Crippen LogP contribution in [0.1, 0.15) is 96.5 Å². The molecule has 1 saturated carbocycles. The molecule has 3 aliphatic rings. The standard InChI is InChI=1S/C30H35N5/c31-27(23-8-3-4-10-26-22(23)9-5-17-34-26)24-11-12-25(35-29(24)33)19-13-15-30(16-14-19)18-20-6-1-2-7-21(20)28(30)32/h1-2,5-7,9,11-12,17,19,23,28,31H,3-4,8,10,13-16,18,32H2,(H2,33,35)/t19?,23?,28-,30?/m1/s1. The van der Waals surface area contributed by atoms with Crippen LogP contribution in [0.3, 0.4) is 0 Å². The highest BCUT2D eigenvalue weighted by Crippen LogP contribution is 2.55. The Morgan fingerprint density at radius 1 is 0.943 bits per heavy atom. The number of nitrogens with zero attached hydrogens (tertiary/aromatic N) is 2. The van der Waals surface area contributed by atoms with E-state index in [0.29, 0.717) is 17.4 Å². The van der Waals surface area contributed by atoms with E-state index in [1.54, 1.807) is 0 Å². The summed E-state index contributed by atoms with van der Waals surface area (Å²) in [5.41, 5.74) is 21.0. The van der Waals surface area contributed by atoms with Gasteiger partial charge in [0.15, 0.2) is 0 Å². The molecule has 2 atom stereocenters. The Kier molecular flexibility index (Phi) is 5.68. The number of aryl methyl sites for hydroxylation is 1. The molecule has 1 aromatic carbocycles. The Balaban J connectivity index is 1.19. The number of nitrogen functional groups attached to an aromatic ring is 1. The first kappa shape index (κ1) is 22.4. The van der Waals surface area contributed by atoms with E-state index in [1.807, 2.05) is 18.3 Å². The second kappa shape index (κ2) is 8.87. The lowest BCUT2D eigenvalue weighted by molar-refractivity contribution is 0.148. The third-order valence-corrected chi connectivity index (χ3v) is 9.03. The van der Waals surface area contributed by atoms with Crippen LogP contribution in [-0.4, -0.2) is 15.7 Å². The lowest BCUT2D eigenvalue weighted by Gasteiger charge is -2.40. The normalized spacial score (nSPS) is 27.7. The fourth-order valence-electron chi connectivity index (χ4n) is 7.00. The quantitative estimate of drug-likeness (QED) is 0.334. The fraction of sp³-hybridized carbons (Fsp3) is 0.433. The smallest absolute Gasteiger partial charge is 0.132 e. The minimum absolute atomic E-state index is 0.0381. The molecule has 2 aromatic heterocycles. The van der Waals surface area contributed by atoms with Crippen LogP contribution in [-0.2, 0) is 12.8 Å². The number of hydrogen-bond acceptors (Lipinski definition) is 5. The van der Waals surface area contributed by atoms with Crippen molar-refractivity contribution in [1.29, 1.82) is 5.41 Å². The van der Waals surface area contributed by atoms with Gasteiger partial charge in [-0.05, 0) is 91.7 Å². The summed E-state index contributed by atoms with van der Waals surface area (Å²) in [6, 6.07) is 17.1. The Labute approximate surface area is 207 Å². The first-order valence-corrected chi connectivity index (χ1v) is 13.2. The number of benzene rings is 1. The summed E-state index contributed by atoms with van der Waals surface area (Å²) in [6.07, 6.45) is 11.6. The molecule has 1 spiro atoms. The number of nitrogens with two attached hydrogens (primary N) is 2. The summed E-state index contributed by atoms with van der Waals surface area (Å²) in [5, 5.41) is 9.04. The molecule has 3 aromatic rings. The van der Waals surface area contributed by atoms with Gasteiger partial charge in [-0.3, -0.25) is 4.98 Å². The molecule has 0 bridgehead atoms. The molecule has 5 N–H and O–H groups in total. The SMILES string of the molecule is N=C(c1ccc(C2CCC3(CC2)Cc2ccccc2[C@H]3N)nc1N)C1CCCCc2ncccc21. The maximum absolute atomic E-state index is 9.04. The van der Waals surface area contributed by atoms with Crippen LogP contribution in [0.15, 0.2) is 54.7 Å². The van der Waals surface area contributed by atoms with Crippen molar-refractivity contribution in [2.24, 2.45) is 11.1 Å². The van der Waals surface area contributed by atoms with Crippen LogP contribution < -0.4 is 11.5 Å². The van der Waals surface area contributed by atoms with Crippen molar-refractivity contribution in [2.75, 3.05) is 5.73 Å². The summed E-state index contributed by atoms with van der Waals surface area (Å²) in [6.45, 7) is 0. The predicted octanol–water partition coefficient (Wildman–Crippen LogP) is 5.84. The van der Waals surface area contributed by atoms with Crippen molar-refractivity contribution < 1.29 is 0 Å². The maximum atomic E-state index is 9.04. The molecule has 1 fully saturated rings. The fourth-order valence-corrected chi connectivity index (χ4v) is 7.00. The van der Waals surface area contributed by atoms with Crippen LogP contribution in [0.5, 0.6) is 0 Å². The monoisotopic (exact) mass is 465 g/mol. The van der Waals surface area contributed by atoms with E-state index in [0.717, 1.165) is 74.7 Å². The van der Waals surface area contributed by atoms with Crippen LogP contribution in [0, 0.1) is 10.8 Å². The first-order valence-electron chi connectivity index (χ1n) is 13.2. The topological polar surface area (TPSA) is 102 Å². The van der Waals surface area contributed by atoms with E-state index in [2.05, 4.69) is 41.4 Å². The lowest BCUT2D eigenvalue weighted by atomic mass is 9.66. The summed E-state index contributed by atoms with van der Waals surface area (Å²) in [4.78, 5) is 9.46. The highest BCUT2D eigenvalue weighted by molar-refractivity contribution is 6.06. The second-order valence-electron chi connectivity index (χ2n) is 10.9. The molecule has 1 unspecified atom stereocenters. The van der Waals surface area contributed by atoms with Gasteiger partial charge in [0, 0.05) is 46.7 Å². The Bertz CT molecular complexity index is 1260. The predicted molar refractivity (Wildman–Crippen MR) is 141 cm³/mol. The number of anilines is 1. The van der Waals surface area contributed by atoms with Gasteiger partial charge in [0.1, 0.15) is 5.82 Å². The van der Waals surface area contributed by atoms with Gasteiger partial charge in [0.25, 0.3) is 0 Å². The van der Waals surface area contributed by atoms with Gasteiger partial charge in [0.05, 0.1) is 0 Å². The Hall–Kier alpha value is -3.05. The minimum Gasteiger partial charge on any atom is -0.383 e. The zero-order valence-electron chi connectivity index (χ0n) is 20.3. The number of rotatable bonds is 3. The average molecular weight is 466 g/mol. The molecule has 3 aliphatic carbocycles. The van der Waals surface area contributed by atoms with Gasteiger partial charge in [-0.1, -0.05) is 36.8 Å². The zero-order chi connectivity index (χ0) is 24.0. The molecule has 180 valence electrons. The first-order chi connectivity index (χ1) is 17.1. The third kappa shape index (κ3) is 3.86. The second-order valence-corrected chi connectivity index (χ2v) is 10.9. The van der Waals surface area contributed by atoms with Gasteiger partial charge in [-0.25, -0.2) is 4.98 Å². The molecule has 0 amide bonds. The van der Waals surface area contributed by atoms with E-state index in [1.165, 1.54) is 16.7 Å². The number of fused-ring (bicyclic) bond motifs is 2. The number of aromatic nitrogens is 2. The highest BCUT2D eigenvalue weighted by Gasteiger charge is 2.46. The van der Waals surface area contributed by atoms with Crippen molar-refractivity contribution in [3.63, 3.8) is 0 Å². The third-order valence-electron chi connectivity index (χ3n) is 9.03. The number of nitrogens with one attached hydrogen (secondary N) is 1. The van der Waals surface area contributed by atoms with Crippen molar-refractivity contribution in [2.45, 2.75) is 75.7 Å². The van der Waals surface area contributed by atoms with Crippen molar-refractivity contribution in [1.82, 2.24) is 9.97 Å². The molecule has 35 heavy (non-hydrogen) atoms. The Morgan fingerprint density at radius 2 is 1.74 bits per heavy atom. The van der Waals surface area contributed by atoms with Crippen LogP contribution >= 0.6 is 0 Å². The summed E-state index contributed by atoms with van der Waals surface area (Å²) in [5.74, 6) is 0.938. The molecular weight excluding hydrogens is 430 g/mol. The van der Waals surface area contributed by atoms with Crippen LogP contribution in [0.2, 0.25) is 0 Å². The highest BCUT2D eigenvalue weighted by atomic mass is 14.9. The summed E-state index contributed by atoms with van der Waals surface area (Å²) in [7, 11) is 0. The summed E-state index contributed by atoms with van der Waals surface area (Å²) >= 11 is 0. The number of hydrogen-bond donors (Lipinski definition) is 3. The van der Waals surface area contributed by atoms with E-state index >= 15 is 0 Å². The van der Waals surface area contributed by atoms with Crippen molar-refractivity contribution >= 4 is 11.5 Å². The van der Waals surface area contributed by atoms with Gasteiger partial charge >= 0.3 is 0 Å². The lowest BCUT2D eigenvalue weighted by Crippen LogP contribution is -2.35. The summed E-state index contributed by atoms with van der Waals surface area (Å²) < 4.78 is 0. The van der Waals surface area contributed by atoms with Gasteiger partial charge in [0.2, 0.25) is 0 Å². The largest absolute Gasteiger partial charge is 0.383 e.